The first-order chi connectivity index (χ1) is 9.74. The van der Waals surface area contributed by atoms with Gasteiger partial charge in [-0.15, -0.1) is 0 Å². The van der Waals surface area contributed by atoms with Gasteiger partial charge >= 0.3 is 5.97 Å². The molecule has 0 aliphatic carbocycles. The molecule has 0 amide bonds. The second-order valence-electron chi connectivity index (χ2n) is 4.69. The van der Waals surface area contributed by atoms with E-state index in [0.717, 1.165) is 31.6 Å². The summed E-state index contributed by atoms with van der Waals surface area (Å²) < 4.78 is 1.92. The molecule has 2 N–H and O–H groups in total. The van der Waals surface area contributed by atoms with Crippen LogP contribution in [-0.2, 0) is 24.3 Å². The van der Waals surface area contributed by atoms with E-state index in [-0.39, 0.29) is 6.42 Å². The molecule has 0 saturated carbocycles. The number of carbonyl (C=O) groups is 1. The molecule has 0 unspecified atom stereocenters. The van der Waals surface area contributed by atoms with Crippen LogP contribution in [0.2, 0.25) is 0 Å². The molecule has 0 spiro atoms. The SMILES string of the molecule is O=C(O)Cc1ccc(CNCCCn2cccn2)cc1. The van der Waals surface area contributed by atoms with Crippen LogP contribution in [0.1, 0.15) is 17.5 Å². The number of benzene rings is 1. The highest BCUT2D eigenvalue weighted by molar-refractivity contribution is 5.70. The van der Waals surface area contributed by atoms with Gasteiger partial charge in [0.15, 0.2) is 0 Å². The number of carboxylic acid groups (broad SMARTS) is 1. The van der Waals surface area contributed by atoms with E-state index in [1.165, 1.54) is 5.56 Å². The van der Waals surface area contributed by atoms with Crippen LogP contribution in [0.5, 0.6) is 0 Å². The standard InChI is InChI=1S/C15H19N3O2/c19-15(20)11-13-3-5-14(6-4-13)12-16-7-1-9-18-10-2-8-17-18/h2-6,8,10,16H,1,7,9,11-12H2,(H,19,20). The fraction of sp³-hybridized carbons (Fsp3) is 0.333. The highest BCUT2D eigenvalue weighted by atomic mass is 16.4. The average Bonchev–Trinajstić information content (AvgIpc) is 2.93. The Balaban J connectivity index is 1.65. The Bertz CT molecular complexity index is 521. The first-order valence-corrected chi connectivity index (χ1v) is 6.72. The molecule has 0 saturated heterocycles. The van der Waals surface area contributed by atoms with Crippen molar-refractivity contribution in [3.05, 3.63) is 53.9 Å². The normalized spacial score (nSPS) is 10.6. The predicted octanol–water partition coefficient (Wildman–Crippen LogP) is 1.69. The van der Waals surface area contributed by atoms with Gasteiger partial charge in [0.25, 0.3) is 0 Å². The molecule has 0 aliphatic rings. The number of carboxylic acids is 1. The molecule has 106 valence electrons. The van der Waals surface area contributed by atoms with Crippen molar-refractivity contribution in [2.75, 3.05) is 6.54 Å². The highest BCUT2D eigenvalue weighted by Crippen LogP contribution is 2.05. The van der Waals surface area contributed by atoms with Crippen LogP contribution in [0.4, 0.5) is 0 Å². The minimum atomic E-state index is -0.797. The van der Waals surface area contributed by atoms with Gasteiger partial charge in [0, 0.05) is 25.5 Å². The summed E-state index contributed by atoms with van der Waals surface area (Å²) in [6, 6.07) is 9.60. The molecule has 20 heavy (non-hydrogen) atoms. The summed E-state index contributed by atoms with van der Waals surface area (Å²) in [5.74, 6) is -0.797. The van der Waals surface area contributed by atoms with Crippen LogP contribution in [0, 0.1) is 0 Å². The number of aromatic nitrogens is 2. The van der Waals surface area contributed by atoms with E-state index in [0.29, 0.717) is 0 Å². The molecular formula is C15H19N3O2. The number of nitrogens with zero attached hydrogens (tertiary/aromatic N) is 2. The van der Waals surface area contributed by atoms with Gasteiger partial charge in [0.05, 0.1) is 6.42 Å². The smallest absolute Gasteiger partial charge is 0.307 e. The van der Waals surface area contributed by atoms with Crippen molar-refractivity contribution >= 4 is 5.97 Å². The third-order valence-electron chi connectivity index (χ3n) is 3.01. The monoisotopic (exact) mass is 273 g/mol. The summed E-state index contributed by atoms with van der Waals surface area (Å²) in [4.78, 5) is 10.6. The maximum Gasteiger partial charge on any atom is 0.307 e. The molecular weight excluding hydrogens is 254 g/mol. The Labute approximate surface area is 118 Å². The summed E-state index contributed by atoms with van der Waals surface area (Å²) >= 11 is 0. The molecule has 0 aliphatic heterocycles. The first kappa shape index (κ1) is 14.3. The Morgan fingerprint density at radius 3 is 2.65 bits per heavy atom. The molecule has 0 bridgehead atoms. The zero-order valence-electron chi connectivity index (χ0n) is 11.3. The third kappa shape index (κ3) is 4.85. The third-order valence-corrected chi connectivity index (χ3v) is 3.01. The number of rotatable bonds is 8. The van der Waals surface area contributed by atoms with E-state index in [4.69, 9.17) is 5.11 Å². The molecule has 2 aromatic rings. The van der Waals surface area contributed by atoms with Gasteiger partial charge in [-0.2, -0.15) is 5.10 Å². The van der Waals surface area contributed by atoms with Crippen molar-refractivity contribution in [2.24, 2.45) is 0 Å². The summed E-state index contributed by atoms with van der Waals surface area (Å²) in [5, 5.41) is 16.2. The zero-order valence-corrected chi connectivity index (χ0v) is 11.3. The molecule has 5 heteroatoms. The summed E-state index contributed by atoms with van der Waals surface area (Å²) in [6.45, 7) is 2.64. The van der Waals surface area contributed by atoms with E-state index in [2.05, 4.69) is 10.4 Å². The fourth-order valence-electron chi connectivity index (χ4n) is 1.98. The van der Waals surface area contributed by atoms with Gasteiger partial charge in [-0.3, -0.25) is 9.48 Å². The van der Waals surface area contributed by atoms with E-state index in [1.807, 2.05) is 41.2 Å². The fourth-order valence-corrected chi connectivity index (χ4v) is 1.98. The minimum absolute atomic E-state index is 0.0809. The molecule has 1 aromatic heterocycles. The first-order valence-electron chi connectivity index (χ1n) is 6.72. The number of aryl methyl sites for hydroxylation is 1. The number of nitrogens with one attached hydrogen (secondary N) is 1. The maximum atomic E-state index is 10.6. The van der Waals surface area contributed by atoms with Crippen molar-refractivity contribution in [3.63, 3.8) is 0 Å². The Morgan fingerprint density at radius 1 is 1.25 bits per heavy atom. The highest BCUT2D eigenvalue weighted by Gasteiger charge is 2.00. The lowest BCUT2D eigenvalue weighted by atomic mass is 10.1. The minimum Gasteiger partial charge on any atom is -0.481 e. The van der Waals surface area contributed by atoms with Gasteiger partial charge in [-0.1, -0.05) is 24.3 Å². The van der Waals surface area contributed by atoms with Crippen molar-refractivity contribution < 1.29 is 9.90 Å². The molecule has 1 aromatic carbocycles. The summed E-state index contributed by atoms with van der Waals surface area (Å²) in [6.07, 6.45) is 4.85. The predicted molar refractivity (Wildman–Crippen MR) is 76.3 cm³/mol. The number of aliphatic carboxylic acids is 1. The lowest BCUT2D eigenvalue weighted by Crippen LogP contribution is -2.16. The number of hydrogen-bond donors (Lipinski definition) is 2. The second kappa shape index (κ2) is 7.45. The molecule has 0 fully saturated rings. The van der Waals surface area contributed by atoms with E-state index in [1.54, 1.807) is 6.20 Å². The van der Waals surface area contributed by atoms with Gasteiger partial charge in [-0.05, 0) is 30.2 Å². The quantitative estimate of drug-likeness (QED) is 0.718. The van der Waals surface area contributed by atoms with E-state index in [9.17, 15) is 4.79 Å². The molecule has 0 atom stereocenters. The Hall–Kier alpha value is -2.14. The van der Waals surface area contributed by atoms with E-state index >= 15 is 0 Å². The lowest BCUT2D eigenvalue weighted by molar-refractivity contribution is -0.136. The Kier molecular flexibility index (Phi) is 5.32. The molecule has 0 radical (unpaired) electrons. The van der Waals surface area contributed by atoms with Crippen LogP contribution in [0.25, 0.3) is 0 Å². The van der Waals surface area contributed by atoms with Gasteiger partial charge < -0.3 is 10.4 Å². The van der Waals surface area contributed by atoms with Gasteiger partial charge in [0.1, 0.15) is 0 Å². The van der Waals surface area contributed by atoms with Crippen LogP contribution in [-0.4, -0.2) is 27.4 Å². The average molecular weight is 273 g/mol. The van der Waals surface area contributed by atoms with Crippen LogP contribution >= 0.6 is 0 Å². The Morgan fingerprint density at radius 2 is 2.00 bits per heavy atom. The topological polar surface area (TPSA) is 67.2 Å². The summed E-state index contributed by atoms with van der Waals surface area (Å²) in [5.41, 5.74) is 2.00. The lowest BCUT2D eigenvalue weighted by Gasteiger charge is -2.06. The van der Waals surface area contributed by atoms with Crippen molar-refractivity contribution in [1.29, 1.82) is 0 Å². The van der Waals surface area contributed by atoms with E-state index < -0.39 is 5.97 Å². The molecule has 2 rings (SSSR count). The maximum absolute atomic E-state index is 10.6. The zero-order chi connectivity index (χ0) is 14.2. The van der Waals surface area contributed by atoms with Crippen molar-refractivity contribution in [2.45, 2.75) is 25.9 Å². The van der Waals surface area contributed by atoms with Crippen molar-refractivity contribution in [1.82, 2.24) is 15.1 Å². The molecule has 1 heterocycles. The summed E-state index contributed by atoms with van der Waals surface area (Å²) in [7, 11) is 0. The van der Waals surface area contributed by atoms with Crippen molar-refractivity contribution in [3.8, 4) is 0 Å². The van der Waals surface area contributed by atoms with Crippen LogP contribution in [0.15, 0.2) is 42.7 Å². The second-order valence-corrected chi connectivity index (χ2v) is 4.69. The largest absolute Gasteiger partial charge is 0.481 e. The van der Waals surface area contributed by atoms with Gasteiger partial charge in [-0.25, -0.2) is 0 Å². The van der Waals surface area contributed by atoms with Gasteiger partial charge in [0.2, 0.25) is 0 Å². The van der Waals surface area contributed by atoms with Crippen LogP contribution < -0.4 is 5.32 Å². The molecule has 5 nitrogen and oxygen atoms in total. The van der Waals surface area contributed by atoms with Crippen LogP contribution in [0.3, 0.4) is 0 Å². The number of hydrogen-bond acceptors (Lipinski definition) is 3.